The Bertz CT molecular complexity index is 713. The fourth-order valence-electron chi connectivity index (χ4n) is 2.16. The van der Waals surface area contributed by atoms with Crippen LogP contribution in [0.4, 0.5) is 5.69 Å². The molecule has 2 aromatic rings. The molecule has 1 N–H and O–H groups in total. The number of rotatable bonds is 7. The minimum atomic E-state index is -0.536. The van der Waals surface area contributed by atoms with Gasteiger partial charge in [-0.2, -0.15) is 0 Å². The highest BCUT2D eigenvalue weighted by Crippen LogP contribution is 2.34. The van der Waals surface area contributed by atoms with Gasteiger partial charge in [0.1, 0.15) is 11.4 Å². The number of hydrogen-bond acceptors (Lipinski definition) is 7. The van der Waals surface area contributed by atoms with Gasteiger partial charge >= 0.3 is 11.6 Å². The van der Waals surface area contributed by atoms with E-state index in [1.54, 1.807) is 19.2 Å². The second-order valence-electron chi connectivity index (χ2n) is 4.82. The number of pyridine rings is 1. The standard InChI is InChI=1S/C14H18N4O5/c1-9-5-6-15-13(22-3)11(9)17-10(2)12(18(20)21)14(16-17)23-8-4-7-19/h5-6,19H,4,7-8H2,1-3H3. The predicted molar refractivity (Wildman–Crippen MR) is 81.2 cm³/mol. The third kappa shape index (κ3) is 3.24. The van der Waals surface area contributed by atoms with E-state index in [0.29, 0.717) is 23.7 Å². The van der Waals surface area contributed by atoms with Gasteiger partial charge in [0.2, 0.25) is 5.88 Å². The zero-order valence-corrected chi connectivity index (χ0v) is 13.1. The molecule has 0 aliphatic heterocycles. The first-order chi connectivity index (χ1) is 11.0. The summed E-state index contributed by atoms with van der Waals surface area (Å²) in [6.45, 7) is 3.48. The topological polar surface area (TPSA) is 113 Å². The maximum absolute atomic E-state index is 11.3. The van der Waals surface area contributed by atoms with Crippen LogP contribution in [0.5, 0.6) is 11.8 Å². The van der Waals surface area contributed by atoms with E-state index in [-0.39, 0.29) is 24.8 Å². The fourth-order valence-corrected chi connectivity index (χ4v) is 2.16. The highest BCUT2D eigenvalue weighted by Gasteiger charge is 2.29. The van der Waals surface area contributed by atoms with Crippen molar-refractivity contribution >= 4 is 5.69 Å². The minimum Gasteiger partial charge on any atom is -0.479 e. The van der Waals surface area contributed by atoms with E-state index in [2.05, 4.69) is 10.1 Å². The number of aromatic nitrogens is 3. The van der Waals surface area contributed by atoms with Crippen LogP contribution in [0.2, 0.25) is 0 Å². The van der Waals surface area contributed by atoms with Crippen LogP contribution in [0, 0.1) is 24.0 Å². The van der Waals surface area contributed by atoms with Crippen molar-refractivity contribution in [1.82, 2.24) is 14.8 Å². The summed E-state index contributed by atoms with van der Waals surface area (Å²) in [7, 11) is 1.47. The van der Waals surface area contributed by atoms with Crippen LogP contribution in [0.15, 0.2) is 12.3 Å². The summed E-state index contributed by atoms with van der Waals surface area (Å²) in [6, 6.07) is 1.76. The molecule has 0 atom stereocenters. The van der Waals surface area contributed by atoms with Crippen molar-refractivity contribution in [2.75, 3.05) is 20.3 Å². The van der Waals surface area contributed by atoms with Gasteiger partial charge in [0.05, 0.1) is 18.6 Å². The average molecular weight is 322 g/mol. The zero-order valence-electron chi connectivity index (χ0n) is 13.1. The number of aliphatic hydroxyl groups excluding tert-OH is 1. The van der Waals surface area contributed by atoms with Crippen LogP contribution < -0.4 is 9.47 Å². The van der Waals surface area contributed by atoms with Crippen molar-refractivity contribution in [3.8, 4) is 17.4 Å². The van der Waals surface area contributed by atoms with E-state index in [1.165, 1.54) is 11.8 Å². The molecule has 0 amide bonds. The van der Waals surface area contributed by atoms with Crippen LogP contribution in [0.3, 0.4) is 0 Å². The molecule has 9 nitrogen and oxygen atoms in total. The SMILES string of the molecule is COc1nccc(C)c1-n1nc(OCCCO)c([N+](=O)[O-])c1C. The first kappa shape index (κ1) is 16.7. The molecule has 9 heteroatoms. The lowest BCUT2D eigenvalue weighted by molar-refractivity contribution is -0.386. The summed E-state index contributed by atoms with van der Waals surface area (Å²) in [4.78, 5) is 14.9. The van der Waals surface area contributed by atoms with Crippen LogP contribution in [0.25, 0.3) is 5.69 Å². The van der Waals surface area contributed by atoms with Crippen LogP contribution >= 0.6 is 0 Å². The Morgan fingerprint density at radius 2 is 2.13 bits per heavy atom. The molecule has 0 bridgehead atoms. The maximum Gasteiger partial charge on any atom is 0.353 e. The molecular weight excluding hydrogens is 304 g/mol. The monoisotopic (exact) mass is 322 g/mol. The molecular formula is C14H18N4O5. The maximum atomic E-state index is 11.3. The molecule has 0 aliphatic rings. The van der Waals surface area contributed by atoms with Gasteiger partial charge in [0, 0.05) is 19.2 Å². The molecule has 0 saturated carbocycles. The van der Waals surface area contributed by atoms with Crippen LogP contribution in [-0.4, -0.2) is 45.1 Å². The molecule has 2 heterocycles. The van der Waals surface area contributed by atoms with E-state index < -0.39 is 4.92 Å². The Morgan fingerprint density at radius 1 is 1.39 bits per heavy atom. The second kappa shape index (κ2) is 7.05. The van der Waals surface area contributed by atoms with E-state index in [9.17, 15) is 10.1 Å². The van der Waals surface area contributed by atoms with Crippen molar-refractivity contribution in [2.24, 2.45) is 0 Å². The molecule has 2 rings (SSSR count). The van der Waals surface area contributed by atoms with E-state index >= 15 is 0 Å². The van der Waals surface area contributed by atoms with E-state index in [1.807, 2.05) is 6.92 Å². The number of aliphatic hydroxyl groups is 1. The Labute approximate surface area is 132 Å². The minimum absolute atomic E-state index is 0.0664. The number of ether oxygens (including phenoxy) is 2. The zero-order chi connectivity index (χ0) is 17.0. The summed E-state index contributed by atoms with van der Waals surface area (Å²) >= 11 is 0. The summed E-state index contributed by atoms with van der Waals surface area (Å²) in [6.07, 6.45) is 1.95. The average Bonchev–Trinajstić information content (AvgIpc) is 2.83. The molecule has 0 saturated heterocycles. The number of aryl methyl sites for hydroxylation is 1. The first-order valence-electron chi connectivity index (χ1n) is 6.98. The molecule has 124 valence electrons. The van der Waals surface area contributed by atoms with Crippen LogP contribution in [-0.2, 0) is 0 Å². The Balaban J connectivity index is 2.56. The molecule has 0 spiro atoms. The van der Waals surface area contributed by atoms with Gasteiger partial charge in [-0.15, -0.1) is 5.10 Å². The van der Waals surface area contributed by atoms with Gasteiger partial charge in [0.15, 0.2) is 0 Å². The summed E-state index contributed by atoms with van der Waals surface area (Å²) in [5.74, 6) is 0.221. The molecule has 23 heavy (non-hydrogen) atoms. The van der Waals surface area contributed by atoms with Crippen LogP contribution in [0.1, 0.15) is 17.7 Å². The molecule has 0 fully saturated rings. The largest absolute Gasteiger partial charge is 0.479 e. The Hall–Kier alpha value is -2.68. The lowest BCUT2D eigenvalue weighted by Gasteiger charge is -2.10. The predicted octanol–water partition coefficient (Wildman–Crippen LogP) is 1.56. The van der Waals surface area contributed by atoms with Crippen molar-refractivity contribution in [3.63, 3.8) is 0 Å². The van der Waals surface area contributed by atoms with Gasteiger partial charge in [0.25, 0.3) is 0 Å². The summed E-state index contributed by atoms with van der Waals surface area (Å²) in [5.41, 5.74) is 1.42. The number of nitrogens with zero attached hydrogens (tertiary/aromatic N) is 4. The lowest BCUT2D eigenvalue weighted by Crippen LogP contribution is -2.06. The van der Waals surface area contributed by atoms with Crippen molar-refractivity contribution in [1.29, 1.82) is 0 Å². The third-order valence-electron chi connectivity index (χ3n) is 3.28. The smallest absolute Gasteiger partial charge is 0.353 e. The van der Waals surface area contributed by atoms with E-state index in [0.717, 1.165) is 5.56 Å². The first-order valence-corrected chi connectivity index (χ1v) is 6.98. The molecule has 0 radical (unpaired) electrons. The summed E-state index contributed by atoms with van der Waals surface area (Å²) in [5, 5.41) is 24.3. The summed E-state index contributed by atoms with van der Waals surface area (Å²) < 4.78 is 12.0. The van der Waals surface area contributed by atoms with Gasteiger partial charge in [-0.1, -0.05) is 0 Å². The van der Waals surface area contributed by atoms with Crippen molar-refractivity contribution in [3.05, 3.63) is 33.6 Å². The van der Waals surface area contributed by atoms with Gasteiger partial charge in [-0.05, 0) is 25.5 Å². The molecule has 2 aromatic heterocycles. The molecule has 0 unspecified atom stereocenters. The quantitative estimate of drug-likeness (QED) is 0.467. The van der Waals surface area contributed by atoms with Crippen molar-refractivity contribution < 1.29 is 19.5 Å². The van der Waals surface area contributed by atoms with E-state index in [4.69, 9.17) is 14.6 Å². The van der Waals surface area contributed by atoms with Gasteiger partial charge in [-0.25, -0.2) is 9.67 Å². The third-order valence-corrected chi connectivity index (χ3v) is 3.28. The number of hydrogen-bond donors (Lipinski definition) is 1. The lowest BCUT2D eigenvalue weighted by atomic mass is 10.2. The highest BCUT2D eigenvalue weighted by atomic mass is 16.6. The Morgan fingerprint density at radius 3 is 2.74 bits per heavy atom. The second-order valence-corrected chi connectivity index (χ2v) is 4.82. The molecule has 0 aromatic carbocycles. The van der Waals surface area contributed by atoms with Crippen molar-refractivity contribution in [2.45, 2.75) is 20.3 Å². The molecule has 0 aliphatic carbocycles. The van der Waals surface area contributed by atoms with Gasteiger partial charge < -0.3 is 14.6 Å². The normalized spacial score (nSPS) is 10.6. The number of methoxy groups -OCH3 is 1. The number of nitro groups is 1. The fraction of sp³-hybridized carbons (Fsp3) is 0.429. The highest BCUT2D eigenvalue weighted by molar-refractivity contribution is 5.54. The van der Waals surface area contributed by atoms with Gasteiger partial charge in [-0.3, -0.25) is 10.1 Å². The Kier molecular flexibility index (Phi) is 5.12.